The largest absolute Gasteiger partial charge is 0.573 e. The summed E-state index contributed by atoms with van der Waals surface area (Å²) in [4.78, 5) is 0. The van der Waals surface area contributed by atoms with Crippen molar-refractivity contribution in [1.82, 2.24) is 0 Å². The van der Waals surface area contributed by atoms with Crippen molar-refractivity contribution in [2.24, 2.45) is 11.8 Å². The van der Waals surface area contributed by atoms with Crippen LogP contribution in [0.15, 0.2) is 22.7 Å². The summed E-state index contributed by atoms with van der Waals surface area (Å²) in [5, 5.41) is 3.25. The van der Waals surface area contributed by atoms with Crippen LogP contribution in [0.25, 0.3) is 0 Å². The normalized spacial score (nSPS) is 26.5. The van der Waals surface area contributed by atoms with Gasteiger partial charge in [-0.05, 0) is 42.9 Å². The molecule has 0 saturated heterocycles. The van der Waals surface area contributed by atoms with Crippen LogP contribution >= 0.6 is 15.9 Å². The molecule has 1 fully saturated rings. The first kappa shape index (κ1) is 16.5. The molecule has 0 spiro atoms. The Bertz CT molecular complexity index is 482. The van der Waals surface area contributed by atoms with Crippen molar-refractivity contribution in [1.29, 1.82) is 0 Å². The van der Waals surface area contributed by atoms with E-state index in [2.05, 4.69) is 39.8 Å². The minimum absolute atomic E-state index is 0.163. The average Bonchev–Trinajstić information content (AvgIpc) is 2.34. The molecule has 6 heteroatoms. The summed E-state index contributed by atoms with van der Waals surface area (Å²) in [6.45, 7) is 4.27. The smallest absolute Gasteiger partial charge is 0.404 e. The number of alkyl halides is 3. The van der Waals surface area contributed by atoms with Gasteiger partial charge in [0.1, 0.15) is 0 Å². The maximum Gasteiger partial charge on any atom is 0.573 e. The summed E-state index contributed by atoms with van der Waals surface area (Å²) in [5.41, 5.74) is 0.390. The SMILES string of the molecule is CC1CCCC(C)C1Nc1ccc(Br)cc1OC(F)(F)F. The van der Waals surface area contributed by atoms with Crippen molar-refractivity contribution in [2.45, 2.75) is 45.5 Å². The third-order valence-electron chi connectivity index (χ3n) is 4.04. The van der Waals surface area contributed by atoms with Crippen LogP contribution in [0.3, 0.4) is 0 Å². The van der Waals surface area contributed by atoms with Crippen LogP contribution in [0.4, 0.5) is 18.9 Å². The van der Waals surface area contributed by atoms with E-state index in [0.717, 1.165) is 12.8 Å². The van der Waals surface area contributed by atoms with Crippen LogP contribution in [0, 0.1) is 11.8 Å². The molecule has 0 aromatic heterocycles. The Labute approximate surface area is 131 Å². The highest BCUT2D eigenvalue weighted by atomic mass is 79.9. The molecular weight excluding hydrogens is 347 g/mol. The molecule has 118 valence electrons. The Kier molecular flexibility index (Phi) is 5.07. The van der Waals surface area contributed by atoms with Gasteiger partial charge in [-0.25, -0.2) is 0 Å². The molecule has 2 atom stereocenters. The van der Waals surface area contributed by atoms with Crippen molar-refractivity contribution >= 4 is 21.6 Å². The molecule has 1 N–H and O–H groups in total. The molecule has 1 saturated carbocycles. The molecule has 1 aliphatic rings. The van der Waals surface area contributed by atoms with Crippen LogP contribution in [-0.4, -0.2) is 12.4 Å². The van der Waals surface area contributed by atoms with E-state index in [1.807, 2.05) is 0 Å². The number of hydrogen-bond donors (Lipinski definition) is 1. The first-order valence-corrected chi connectivity index (χ1v) is 7.87. The Morgan fingerprint density at radius 1 is 1.19 bits per heavy atom. The monoisotopic (exact) mass is 365 g/mol. The fraction of sp³-hybridized carbons (Fsp3) is 0.600. The first-order chi connectivity index (χ1) is 9.76. The molecule has 21 heavy (non-hydrogen) atoms. The Morgan fingerprint density at radius 2 is 1.81 bits per heavy atom. The van der Waals surface area contributed by atoms with E-state index < -0.39 is 6.36 Å². The van der Waals surface area contributed by atoms with Gasteiger partial charge in [0.15, 0.2) is 5.75 Å². The van der Waals surface area contributed by atoms with E-state index in [0.29, 0.717) is 22.0 Å². The lowest BCUT2D eigenvalue weighted by atomic mass is 9.78. The maximum absolute atomic E-state index is 12.5. The molecule has 0 aliphatic heterocycles. The zero-order valence-electron chi connectivity index (χ0n) is 12.0. The lowest BCUT2D eigenvalue weighted by Gasteiger charge is -2.36. The van der Waals surface area contributed by atoms with E-state index in [4.69, 9.17) is 0 Å². The third-order valence-corrected chi connectivity index (χ3v) is 4.53. The number of anilines is 1. The van der Waals surface area contributed by atoms with Gasteiger partial charge in [-0.3, -0.25) is 0 Å². The number of hydrogen-bond acceptors (Lipinski definition) is 2. The minimum atomic E-state index is -4.69. The van der Waals surface area contributed by atoms with Crippen LogP contribution in [0.5, 0.6) is 5.75 Å². The van der Waals surface area contributed by atoms with E-state index in [1.54, 1.807) is 12.1 Å². The van der Waals surface area contributed by atoms with E-state index >= 15 is 0 Å². The third kappa shape index (κ3) is 4.53. The highest BCUT2D eigenvalue weighted by molar-refractivity contribution is 9.10. The number of ether oxygens (including phenoxy) is 1. The van der Waals surface area contributed by atoms with Gasteiger partial charge in [-0.2, -0.15) is 0 Å². The molecule has 1 aromatic carbocycles. The zero-order valence-corrected chi connectivity index (χ0v) is 13.6. The Morgan fingerprint density at radius 3 is 2.38 bits per heavy atom. The molecular formula is C15H19BrF3NO. The minimum Gasteiger partial charge on any atom is -0.404 e. The Hall–Kier alpha value is -0.910. The van der Waals surface area contributed by atoms with Gasteiger partial charge in [0, 0.05) is 10.5 Å². The summed E-state index contributed by atoms with van der Waals surface area (Å²) in [5.74, 6) is 0.661. The summed E-state index contributed by atoms with van der Waals surface area (Å²) in [6, 6.07) is 4.84. The van der Waals surface area contributed by atoms with Crippen molar-refractivity contribution in [3.8, 4) is 5.75 Å². The molecule has 0 heterocycles. The zero-order chi connectivity index (χ0) is 15.6. The topological polar surface area (TPSA) is 21.3 Å². The van der Waals surface area contributed by atoms with E-state index in [1.165, 1.54) is 12.5 Å². The number of halogens is 4. The highest BCUT2D eigenvalue weighted by Gasteiger charge is 2.33. The van der Waals surface area contributed by atoms with Crippen LogP contribution in [-0.2, 0) is 0 Å². The summed E-state index contributed by atoms with van der Waals surface area (Å²) in [7, 11) is 0. The van der Waals surface area contributed by atoms with Gasteiger partial charge in [0.2, 0.25) is 0 Å². The molecule has 2 unspecified atom stereocenters. The quantitative estimate of drug-likeness (QED) is 0.754. The summed E-state index contributed by atoms with van der Waals surface area (Å²) >= 11 is 3.18. The van der Waals surface area contributed by atoms with Gasteiger partial charge < -0.3 is 10.1 Å². The van der Waals surface area contributed by atoms with Crippen LogP contribution < -0.4 is 10.1 Å². The van der Waals surface area contributed by atoms with Crippen molar-refractivity contribution in [2.75, 3.05) is 5.32 Å². The van der Waals surface area contributed by atoms with Gasteiger partial charge in [-0.1, -0.05) is 36.2 Å². The number of rotatable bonds is 3. The molecule has 2 rings (SSSR count). The predicted molar refractivity (Wildman–Crippen MR) is 80.4 cm³/mol. The molecule has 0 bridgehead atoms. The van der Waals surface area contributed by atoms with Gasteiger partial charge in [0.25, 0.3) is 0 Å². The second-order valence-corrected chi connectivity index (χ2v) is 6.66. The summed E-state index contributed by atoms with van der Waals surface area (Å²) < 4.78 is 42.2. The molecule has 1 aliphatic carbocycles. The van der Waals surface area contributed by atoms with E-state index in [9.17, 15) is 13.2 Å². The standard InChI is InChI=1S/C15H19BrF3NO/c1-9-4-3-5-10(2)14(9)20-12-7-6-11(16)8-13(12)21-15(17,18)19/h6-10,14,20H,3-5H2,1-2H3. The van der Waals surface area contributed by atoms with Gasteiger partial charge in [0.05, 0.1) is 5.69 Å². The van der Waals surface area contributed by atoms with Crippen molar-refractivity contribution < 1.29 is 17.9 Å². The molecule has 1 aromatic rings. The number of nitrogens with one attached hydrogen (secondary N) is 1. The highest BCUT2D eigenvalue weighted by Crippen LogP contribution is 2.37. The fourth-order valence-corrected chi connectivity index (χ4v) is 3.31. The lowest BCUT2D eigenvalue weighted by molar-refractivity contribution is -0.274. The number of benzene rings is 1. The van der Waals surface area contributed by atoms with Gasteiger partial charge in [-0.15, -0.1) is 13.2 Å². The molecule has 0 amide bonds. The predicted octanol–water partition coefficient (Wildman–Crippen LogP) is 5.58. The van der Waals surface area contributed by atoms with Crippen molar-refractivity contribution in [3.63, 3.8) is 0 Å². The Balaban J connectivity index is 2.22. The fourth-order valence-electron chi connectivity index (χ4n) is 2.97. The second kappa shape index (κ2) is 6.46. The first-order valence-electron chi connectivity index (χ1n) is 7.08. The van der Waals surface area contributed by atoms with Crippen LogP contribution in [0.2, 0.25) is 0 Å². The van der Waals surface area contributed by atoms with E-state index in [-0.39, 0.29) is 11.8 Å². The average molecular weight is 366 g/mol. The second-order valence-electron chi connectivity index (χ2n) is 5.74. The maximum atomic E-state index is 12.5. The van der Waals surface area contributed by atoms with Crippen molar-refractivity contribution in [3.05, 3.63) is 22.7 Å². The summed E-state index contributed by atoms with van der Waals surface area (Å²) in [6.07, 6.45) is -1.34. The molecule has 0 radical (unpaired) electrons. The lowest BCUT2D eigenvalue weighted by Crippen LogP contribution is -2.37. The van der Waals surface area contributed by atoms with Crippen LogP contribution in [0.1, 0.15) is 33.1 Å². The molecule has 2 nitrogen and oxygen atoms in total. The van der Waals surface area contributed by atoms with Gasteiger partial charge >= 0.3 is 6.36 Å².